The molecule has 2 N–H and O–H groups in total. The Morgan fingerprint density at radius 1 is 1.09 bits per heavy atom. The van der Waals surface area contributed by atoms with E-state index in [1.54, 1.807) is 24.3 Å². The van der Waals surface area contributed by atoms with Gasteiger partial charge < -0.3 is 15.0 Å². The monoisotopic (exact) mass is 294 g/mol. The Labute approximate surface area is 127 Å². The molecule has 0 aliphatic carbocycles. The van der Waals surface area contributed by atoms with Crippen molar-refractivity contribution in [1.29, 1.82) is 0 Å². The van der Waals surface area contributed by atoms with E-state index in [1.807, 2.05) is 36.4 Å². The SMILES string of the molecule is NC(=O)c1ccccc1OCc1cc(-c2ccccc2)on1. The van der Waals surface area contributed by atoms with Gasteiger partial charge in [0.2, 0.25) is 0 Å². The zero-order valence-electron chi connectivity index (χ0n) is 11.7. The molecule has 5 nitrogen and oxygen atoms in total. The van der Waals surface area contributed by atoms with E-state index in [4.69, 9.17) is 15.0 Å². The van der Waals surface area contributed by atoms with Crippen molar-refractivity contribution >= 4 is 5.91 Å². The number of nitrogens with zero attached hydrogens (tertiary/aromatic N) is 1. The topological polar surface area (TPSA) is 78.4 Å². The highest BCUT2D eigenvalue weighted by atomic mass is 16.5. The predicted molar refractivity (Wildman–Crippen MR) is 81.2 cm³/mol. The van der Waals surface area contributed by atoms with Crippen LogP contribution in [-0.2, 0) is 6.61 Å². The summed E-state index contributed by atoms with van der Waals surface area (Å²) < 4.78 is 10.9. The molecule has 0 radical (unpaired) electrons. The van der Waals surface area contributed by atoms with Gasteiger partial charge in [-0.3, -0.25) is 4.79 Å². The van der Waals surface area contributed by atoms with E-state index in [1.165, 1.54) is 0 Å². The number of para-hydroxylation sites is 1. The second-order valence-corrected chi connectivity index (χ2v) is 4.70. The molecule has 0 unspecified atom stereocenters. The van der Waals surface area contributed by atoms with Crippen molar-refractivity contribution in [3.8, 4) is 17.1 Å². The fraction of sp³-hybridized carbons (Fsp3) is 0.0588. The lowest BCUT2D eigenvalue weighted by Gasteiger charge is -2.07. The first-order valence-electron chi connectivity index (χ1n) is 6.76. The molecule has 3 rings (SSSR count). The molecule has 0 atom stereocenters. The molecule has 0 saturated heterocycles. The number of nitrogens with two attached hydrogens (primary N) is 1. The van der Waals surface area contributed by atoms with Crippen molar-refractivity contribution in [2.24, 2.45) is 5.73 Å². The predicted octanol–water partition coefficient (Wildman–Crippen LogP) is 3.02. The number of rotatable bonds is 5. The second kappa shape index (κ2) is 6.13. The van der Waals surface area contributed by atoms with Crippen LogP contribution in [0.5, 0.6) is 5.75 Å². The molecule has 0 aliphatic heterocycles. The van der Waals surface area contributed by atoms with Crippen LogP contribution in [-0.4, -0.2) is 11.1 Å². The highest BCUT2D eigenvalue weighted by molar-refractivity contribution is 5.95. The molecular weight excluding hydrogens is 280 g/mol. The van der Waals surface area contributed by atoms with Crippen LogP contribution in [0.2, 0.25) is 0 Å². The first-order chi connectivity index (χ1) is 10.7. The quantitative estimate of drug-likeness (QED) is 0.784. The number of ether oxygens (including phenoxy) is 1. The molecule has 5 heteroatoms. The Morgan fingerprint density at radius 2 is 1.82 bits per heavy atom. The molecular formula is C17H14N2O3. The minimum atomic E-state index is -0.527. The van der Waals surface area contributed by atoms with Crippen molar-refractivity contribution in [3.63, 3.8) is 0 Å². The van der Waals surface area contributed by atoms with Crippen molar-refractivity contribution in [2.45, 2.75) is 6.61 Å². The van der Waals surface area contributed by atoms with Gasteiger partial charge in [0.1, 0.15) is 18.1 Å². The molecule has 110 valence electrons. The summed E-state index contributed by atoms with van der Waals surface area (Å²) in [5, 5.41) is 3.97. The van der Waals surface area contributed by atoms with Gasteiger partial charge >= 0.3 is 0 Å². The molecule has 0 fully saturated rings. The lowest BCUT2D eigenvalue weighted by Crippen LogP contribution is -2.12. The van der Waals surface area contributed by atoms with Crippen LogP contribution in [0, 0.1) is 0 Å². The summed E-state index contributed by atoms with van der Waals surface area (Å²) in [5.74, 6) is 0.572. The summed E-state index contributed by atoms with van der Waals surface area (Å²) in [6, 6.07) is 18.3. The molecule has 0 bridgehead atoms. The molecule has 0 spiro atoms. The molecule has 1 heterocycles. The summed E-state index contributed by atoms with van der Waals surface area (Å²) in [4.78, 5) is 11.3. The summed E-state index contributed by atoms with van der Waals surface area (Å²) in [6.45, 7) is 0.195. The number of carbonyl (C=O) groups is 1. The van der Waals surface area contributed by atoms with Crippen LogP contribution >= 0.6 is 0 Å². The number of primary amides is 1. The Hall–Kier alpha value is -3.08. The summed E-state index contributed by atoms with van der Waals surface area (Å²) in [6.07, 6.45) is 0. The average molecular weight is 294 g/mol. The summed E-state index contributed by atoms with van der Waals surface area (Å²) in [5.41, 5.74) is 7.23. The van der Waals surface area contributed by atoms with E-state index in [0.717, 1.165) is 5.56 Å². The minimum Gasteiger partial charge on any atom is -0.486 e. The van der Waals surface area contributed by atoms with E-state index in [-0.39, 0.29) is 6.61 Å². The standard InChI is InChI=1S/C17H14N2O3/c18-17(20)14-8-4-5-9-15(14)21-11-13-10-16(22-19-13)12-6-2-1-3-7-12/h1-10H,11H2,(H2,18,20). The van der Waals surface area contributed by atoms with Crippen LogP contribution in [0.1, 0.15) is 16.1 Å². The number of hydrogen-bond donors (Lipinski definition) is 1. The van der Waals surface area contributed by atoms with Gasteiger partial charge in [0, 0.05) is 11.6 Å². The van der Waals surface area contributed by atoms with E-state index in [9.17, 15) is 4.79 Å². The van der Waals surface area contributed by atoms with Gasteiger partial charge in [0.05, 0.1) is 5.56 Å². The smallest absolute Gasteiger partial charge is 0.252 e. The fourth-order valence-corrected chi connectivity index (χ4v) is 2.07. The van der Waals surface area contributed by atoms with Crippen molar-refractivity contribution < 1.29 is 14.1 Å². The maximum atomic E-state index is 11.3. The van der Waals surface area contributed by atoms with Gasteiger partial charge in [-0.25, -0.2) is 0 Å². The Bertz CT molecular complexity index is 781. The molecule has 3 aromatic rings. The zero-order chi connectivity index (χ0) is 15.4. The van der Waals surface area contributed by atoms with Crippen LogP contribution < -0.4 is 10.5 Å². The number of hydrogen-bond acceptors (Lipinski definition) is 4. The maximum absolute atomic E-state index is 11.3. The molecule has 1 amide bonds. The van der Waals surface area contributed by atoms with E-state index in [2.05, 4.69) is 5.16 Å². The third kappa shape index (κ3) is 2.98. The van der Waals surface area contributed by atoms with E-state index in [0.29, 0.717) is 22.8 Å². The van der Waals surface area contributed by atoms with Gasteiger partial charge in [-0.15, -0.1) is 0 Å². The van der Waals surface area contributed by atoms with Gasteiger partial charge in [-0.2, -0.15) is 0 Å². The molecule has 1 aromatic heterocycles. The third-order valence-electron chi connectivity index (χ3n) is 3.15. The third-order valence-corrected chi connectivity index (χ3v) is 3.15. The van der Waals surface area contributed by atoms with Gasteiger partial charge in [0.15, 0.2) is 5.76 Å². The summed E-state index contributed by atoms with van der Waals surface area (Å²) in [7, 11) is 0. The fourth-order valence-electron chi connectivity index (χ4n) is 2.07. The molecule has 22 heavy (non-hydrogen) atoms. The van der Waals surface area contributed by atoms with Crippen LogP contribution in [0.3, 0.4) is 0 Å². The Balaban J connectivity index is 1.73. The van der Waals surface area contributed by atoms with E-state index >= 15 is 0 Å². The minimum absolute atomic E-state index is 0.195. The van der Waals surface area contributed by atoms with Gasteiger partial charge in [-0.05, 0) is 12.1 Å². The average Bonchev–Trinajstić information content (AvgIpc) is 3.03. The number of amides is 1. The van der Waals surface area contributed by atoms with Crippen LogP contribution in [0.4, 0.5) is 0 Å². The summed E-state index contributed by atoms with van der Waals surface area (Å²) >= 11 is 0. The first kappa shape index (κ1) is 13.9. The number of aromatic nitrogens is 1. The number of carbonyl (C=O) groups excluding carboxylic acids is 1. The van der Waals surface area contributed by atoms with Crippen molar-refractivity contribution in [2.75, 3.05) is 0 Å². The molecule has 0 saturated carbocycles. The second-order valence-electron chi connectivity index (χ2n) is 4.70. The maximum Gasteiger partial charge on any atom is 0.252 e. The lowest BCUT2D eigenvalue weighted by molar-refractivity contribution is 0.0996. The first-order valence-corrected chi connectivity index (χ1v) is 6.76. The van der Waals surface area contributed by atoms with Crippen LogP contribution in [0.15, 0.2) is 65.2 Å². The van der Waals surface area contributed by atoms with Gasteiger partial charge in [-0.1, -0.05) is 47.6 Å². The number of benzene rings is 2. The highest BCUT2D eigenvalue weighted by Gasteiger charge is 2.11. The highest BCUT2D eigenvalue weighted by Crippen LogP contribution is 2.22. The Morgan fingerprint density at radius 3 is 2.59 bits per heavy atom. The van der Waals surface area contributed by atoms with E-state index < -0.39 is 5.91 Å². The Kier molecular flexibility index (Phi) is 3.87. The lowest BCUT2D eigenvalue weighted by atomic mass is 10.1. The van der Waals surface area contributed by atoms with Crippen LogP contribution in [0.25, 0.3) is 11.3 Å². The van der Waals surface area contributed by atoms with Crippen molar-refractivity contribution in [3.05, 3.63) is 71.9 Å². The molecule has 0 aliphatic rings. The van der Waals surface area contributed by atoms with Gasteiger partial charge in [0.25, 0.3) is 5.91 Å². The largest absolute Gasteiger partial charge is 0.486 e. The normalized spacial score (nSPS) is 10.4. The molecule has 2 aromatic carbocycles. The zero-order valence-corrected chi connectivity index (χ0v) is 11.7. The van der Waals surface area contributed by atoms with Crippen molar-refractivity contribution in [1.82, 2.24) is 5.16 Å².